The quantitative estimate of drug-likeness (QED) is 0.185. The minimum Gasteiger partial charge on any atom is -0.464 e. The molecule has 0 heterocycles. The van der Waals surface area contributed by atoms with Crippen LogP contribution in [0.5, 0.6) is 0 Å². The standard InChI is InChI=1S/C20H36N2O5/c1-3-27-18(23)17-26-16-14-12-10-8-6-4-5-7-9-11-13-15-22-20(25)19(24)21-2/h5,7H,3-4,6,8-17H2,1-2H3,(H,21,24)(H,22,25)/b7-5-. The first-order valence-electron chi connectivity index (χ1n) is 10.00. The summed E-state index contributed by atoms with van der Waals surface area (Å²) in [4.78, 5) is 33.2. The molecule has 156 valence electrons. The van der Waals surface area contributed by atoms with Crippen LogP contribution >= 0.6 is 0 Å². The molecule has 7 nitrogen and oxygen atoms in total. The van der Waals surface area contributed by atoms with Crippen LogP contribution in [-0.4, -0.2) is 51.2 Å². The number of esters is 1. The van der Waals surface area contributed by atoms with Crippen molar-refractivity contribution in [3.05, 3.63) is 12.2 Å². The van der Waals surface area contributed by atoms with Gasteiger partial charge >= 0.3 is 17.8 Å². The van der Waals surface area contributed by atoms with E-state index in [4.69, 9.17) is 9.47 Å². The SMILES string of the molecule is CCOC(=O)COCCCCCCC/C=C\CCCCNC(=O)C(=O)NC. The van der Waals surface area contributed by atoms with Crippen LogP contribution in [0.4, 0.5) is 0 Å². The zero-order chi connectivity index (χ0) is 20.2. The Morgan fingerprint density at radius 1 is 0.852 bits per heavy atom. The molecule has 0 bridgehead atoms. The lowest BCUT2D eigenvalue weighted by Gasteiger charge is -2.04. The highest BCUT2D eigenvalue weighted by Gasteiger charge is 2.08. The lowest BCUT2D eigenvalue weighted by molar-refractivity contribution is -0.148. The summed E-state index contributed by atoms with van der Waals surface area (Å²) in [7, 11) is 1.44. The molecule has 0 saturated heterocycles. The molecule has 0 saturated carbocycles. The number of ether oxygens (including phenoxy) is 2. The van der Waals surface area contributed by atoms with Gasteiger partial charge in [-0.1, -0.05) is 31.4 Å². The fourth-order valence-electron chi connectivity index (χ4n) is 2.37. The zero-order valence-electron chi connectivity index (χ0n) is 16.9. The van der Waals surface area contributed by atoms with Crippen molar-refractivity contribution >= 4 is 17.8 Å². The number of likely N-dealkylation sites (N-methyl/N-ethyl adjacent to an activating group) is 1. The molecule has 0 spiro atoms. The molecule has 0 aliphatic heterocycles. The summed E-state index contributed by atoms with van der Waals surface area (Å²) in [6.07, 6.45) is 14.0. The van der Waals surface area contributed by atoms with Crippen LogP contribution in [0.1, 0.15) is 64.7 Å². The van der Waals surface area contributed by atoms with Crippen molar-refractivity contribution in [2.75, 3.05) is 33.4 Å². The van der Waals surface area contributed by atoms with Gasteiger partial charge in [0.1, 0.15) is 6.61 Å². The van der Waals surface area contributed by atoms with E-state index < -0.39 is 11.8 Å². The monoisotopic (exact) mass is 384 g/mol. The van der Waals surface area contributed by atoms with Gasteiger partial charge in [0.2, 0.25) is 0 Å². The molecule has 0 aromatic rings. The van der Waals surface area contributed by atoms with Crippen molar-refractivity contribution in [2.24, 2.45) is 0 Å². The normalized spacial score (nSPS) is 10.7. The van der Waals surface area contributed by atoms with E-state index in [1.54, 1.807) is 6.92 Å². The van der Waals surface area contributed by atoms with Crippen LogP contribution in [0.25, 0.3) is 0 Å². The van der Waals surface area contributed by atoms with Gasteiger partial charge in [-0.15, -0.1) is 0 Å². The van der Waals surface area contributed by atoms with Crippen molar-refractivity contribution in [2.45, 2.75) is 64.7 Å². The summed E-state index contributed by atoms with van der Waals surface area (Å²) in [6, 6.07) is 0. The number of hydrogen-bond donors (Lipinski definition) is 2. The highest BCUT2D eigenvalue weighted by molar-refractivity contribution is 6.34. The molecule has 0 atom stereocenters. The summed E-state index contributed by atoms with van der Waals surface area (Å²) < 4.78 is 10.0. The van der Waals surface area contributed by atoms with E-state index in [1.807, 2.05) is 0 Å². The second kappa shape index (κ2) is 18.9. The van der Waals surface area contributed by atoms with Gasteiger partial charge in [-0.2, -0.15) is 0 Å². The van der Waals surface area contributed by atoms with Crippen LogP contribution in [-0.2, 0) is 23.9 Å². The summed E-state index contributed by atoms with van der Waals surface area (Å²) in [6.45, 7) is 3.38. The number of unbranched alkanes of at least 4 members (excludes halogenated alkanes) is 7. The molecule has 2 amide bonds. The molecular formula is C20H36N2O5. The average molecular weight is 385 g/mol. The molecule has 7 heteroatoms. The molecule has 0 aliphatic carbocycles. The molecular weight excluding hydrogens is 348 g/mol. The maximum atomic E-state index is 11.2. The summed E-state index contributed by atoms with van der Waals surface area (Å²) in [5, 5.41) is 4.87. The van der Waals surface area contributed by atoms with E-state index in [9.17, 15) is 14.4 Å². The average Bonchev–Trinajstić information content (AvgIpc) is 2.66. The number of carbonyl (C=O) groups is 3. The van der Waals surface area contributed by atoms with Crippen LogP contribution in [0.15, 0.2) is 12.2 Å². The van der Waals surface area contributed by atoms with E-state index >= 15 is 0 Å². The lowest BCUT2D eigenvalue weighted by Crippen LogP contribution is -2.38. The van der Waals surface area contributed by atoms with Gasteiger partial charge in [0, 0.05) is 20.2 Å². The minimum absolute atomic E-state index is 0.0546. The van der Waals surface area contributed by atoms with Crippen molar-refractivity contribution < 1.29 is 23.9 Å². The van der Waals surface area contributed by atoms with E-state index in [0.717, 1.165) is 38.5 Å². The smallest absolute Gasteiger partial charge is 0.332 e. The topological polar surface area (TPSA) is 93.7 Å². The minimum atomic E-state index is -0.598. The fourth-order valence-corrected chi connectivity index (χ4v) is 2.37. The van der Waals surface area contributed by atoms with Gasteiger partial charge in [0.15, 0.2) is 0 Å². The second-order valence-corrected chi connectivity index (χ2v) is 6.22. The third-order valence-electron chi connectivity index (χ3n) is 3.87. The van der Waals surface area contributed by atoms with Crippen molar-refractivity contribution in [3.8, 4) is 0 Å². The Labute approximate surface area is 163 Å². The Hall–Kier alpha value is -1.89. The number of hydrogen-bond acceptors (Lipinski definition) is 5. The van der Waals surface area contributed by atoms with E-state index in [0.29, 0.717) is 19.8 Å². The number of allylic oxidation sites excluding steroid dienone is 2. The molecule has 2 N–H and O–H groups in total. The lowest BCUT2D eigenvalue weighted by atomic mass is 10.1. The number of carbonyl (C=O) groups excluding carboxylic acids is 3. The van der Waals surface area contributed by atoms with Crippen molar-refractivity contribution in [3.63, 3.8) is 0 Å². The largest absolute Gasteiger partial charge is 0.464 e. The Morgan fingerprint density at radius 3 is 2.15 bits per heavy atom. The number of amides is 2. The summed E-state index contributed by atoms with van der Waals surface area (Å²) in [5.41, 5.74) is 0. The fraction of sp³-hybridized carbons (Fsp3) is 0.750. The molecule has 0 fully saturated rings. The molecule has 0 unspecified atom stereocenters. The molecule has 0 aliphatic rings. The van der Waals surface area contributed by atoms with Crippen molar-refractivity contribution in [1.82, 2.24) is 10.6 Å². The van der Waals surface area contributed by atoms with Crippen LogP contribution in [0.2, 0.25) is 0 Å². The van der Waals surface area contributed by atoms with E-state index in [1.165, 1.54) is 26.3 Å². The zero-order valence-corrected chi connectivity index (χ0v) is 16.9. The van der Waals surface area contributed by atoms with Gasteiger partial charge in [-0.05, 0) is 45.4 Å². The van der Waals surface area contributed by atoms with Gasteiger partial charge in [0.05, 0.1) is 6.61 Å². The van der Waals surface area contributed by atoms with Crippen LogP contribution in [0.3, 0.4) is 0 Å². The predicted octanol–water partition coefficient (Wildman–Crippen LogP) is 2.50. The first kappa shape index (κ1) is 25.1. The number of rotatable bonds is 16. The highest BCUT2D eigenvalue weighted by Crippen LogP contribution is 2.07. The molecule has 0 aromatic carbocycles. The maximum absolute atomic E-state index is 11.2. The molecule has 0 aromatic heterocycles. The first-order valence-corrected chi connectivity index (χ1v) is 10.00. The van der Waals surface area contributed by atoms with Gasteiger partial charge in [0.25, 0.3) is 0 Å². The maximum Gasteiger partial charge on any atom is 0.332 e. The second-order valence-electron chi connectivity index (χ2n) is 6.22. The Balaban J connectivity index is 3.26. The van der Waals surface area contributed by atoms with Crippen molar-refractivity contribution in [1.29, 1.82) is 0 Å². The van der Waals surface area contributed by atoms with Gasteiger partial charge in [-0.25, -0.2) is 4.79 Å². The Morgan fingerprint density at radius 2 is 1.48 bits per heavy atom. The molecule has 0 radical (unpaired) electrons. The van der Waals surface area contributed by atoms with Crippen LogP contribution in [0, 0.1) is 0 Å². The van der Waals surface area contributed by atoms with Gasteiger partial charge < -0.3 is 20.1 Å². The summed E-state index contributed by atoms with van der Waals surface area (Å²) in [5.74, 6) is -1.46. The Bertz CT molecular complexity index is 438. The Kier molecular flexibility index (Phi) is 17.6. The predicted molar refractivity (Wildman–Crippen MR) is 105 cm³/mol. The van der Waals surface area contributed by atoms with Crippen LogP contribution < -0.4 is 10.6 Å². The first-order chi connectivity index (χ1) is 13.1. The molecule has 27 heavy (non-hydrogen) atoms. The number of nitrogens with one attached hydrogen (secondary N) is 2. The third-order valence-corrected chi connectivity index (χ3v) is 3.87. The highest BCUT2D eigenvalue weighted by atomic mass is 16.6. The van der Waals surface area contributed by atoms with E-state index in [-0.39, 0.29) is 12.6 Å². The van der Waals surface area contributed by atoms with E-state index in [2.05, 4.69) is 22.8 Å². The van der Waals surface area contributed by atoms with Gasteiger partial charge in [-0.3, -0.25) is 9.59 Å². The summed E-state index contributed by atoms with van der Waals surface area (Å²) >= 11 is 0. The molecule has 0 rings (SSSR count). The third kappa shape index (κ3) is 17.3.